The van der Waals surface area contributed by atoms with Crippen LogP contribution in [0.5, 0.6) is 0 Å². The lowest BCUT2D eigenvalue weighted by Crippen LogP contribution is -2.32. The van der Waals surface area contributed by atoms with Crippen LogP contribution in [0.3, 0.4) is 0 Å². The lowest BCUT2D eigenvalue weighted by molar-refractivity contribution is -0.120. The first-order valence-electron chi connectivity index (χ1n) is 12.4. The van der Waals surface area contributed by atoms with Gasteiger partial charge in [-0.1, -0.05) is 49.7 Å². The lowest BCUT2D eigenvalue weighted by atomic mass is 10.0. The second-order valence-electron chi connectivity index (χ2n) is 9.54. The van der Waals surface area contributed by atoms with Gasteiger partial charge in [0.25, 0.3) is 17.7 Å². The number of ether oxygens (including phenoxy) is 1. The number of carbonyl (C=O) groups is 4. The molecule has 0 bridgehead atoms. The quantitative estimate of drug-likeness (QED) is 0.263. The maximum atomic E-state index is 13.2. The number of esters is 1. The highest BCUT2D eigenvalue weighted by molar-refractivity contribution is 6.53. The topological polar surface area (TPSA) is 105 Å². The van der Waals surface area contributed by atoms with Crippen molar-refractivity contribution >= 4 is 52.4 Å². The molecule has 39 heavy (non-hydrogen) atoms. The molecule has 200 valence electrons. The Bertz CT molecular complexity index is 1480. The van der Waals surface area contributed by atoms with E-state index in [4.69, 9.17) is 16.3 Å². The van der Waals surface area contributed by atoms with Gasteiger partial charge < -0.3 is 15.4 Å². The molecule has 0 fully saturated rings. The largest absolute Gasteiger partial charge is 0.459 e. The summed E-state index contributed by atoms with van der Waals surface area (Å²) in [7, 11) is 0. The van der Waals surface area contributed by atoms with Crippen molar-refractivity contribution in [2.45, 2.75) is 39.7 Å². The molecule has 0 saturated heterocycles. The van der Waals surface area contributed by atoms with E-state index < -0.39 is 17.8 Å². The highest BCUT2D eigenvalue weighted by atomic mass is 35.5. The smallest absolute Gasteiger partial charge is 0.338 e. The molecule has 1 aliphatic heterocycles. The van der Waals surface area contributed by atoms with Gasteiger partial charge in [-0.3, -0.25) is 14.4 Å². The number of rotatable bonds is 8. The van der Waals surface area contributed by atoms with Crippen molar-refractivity contribution < 1.29 is 23.9 Å². The number of para-hydroxylation sites is 1. The summed E-state index contributed by atoms with van der Waals surface area (Å²) in [5.41, 5.74) is 2.91. The predicted octanol–water partition coefficient (Wildman–Crippen LogP) is 6.06. The minimum Gasteiger partial charge on any atom is -0.459 e. The average Bonchev–Trinajstić information content (AvgIpc) is 3.11. The number of nitrogens with one attached hydrogen (secondary N) is 2. The third-order valence-electron chi connectivity index (χ3n) is 5.96. The molecule has 0 atom stereocenters. The Labute approximate surface area is 231 Å². The minimum atomic E-state index is -0.708. The number of benzene rings is 3. The van der Waals surface area contributed by atoms with Crippen molar-refractivity contribution in [3.05, 3.63) is 100 Å². The first-order chi connectivity index (χ1) is 18.6. The summed E-state index contributed by atoms with van der Waals surface area (Å²) in [6, 6.07) is 20.0. The molecule has 3 amide bonds. The highest BCUT2D eigenvalue weighted by Gasteiger charge is 2.39. The van der Waals surface area contributed by atoms with Crippen molar-refractivity contribution in [3.8, 4) is 0 Å². The molecule has 0 radical (unpaired) electrons. The number of imide groups is 1. The maximum absolute atomic E-state index is 13.2. The Morgan fingerprint density at radius 2 is 1.54 bits per heavy atom. The minimum absolute atomic E-state index is 0.118. The molecule has 4 rings (SSSR count). The van der Waals surface area contributed by atoms with Gasteiger partial charge in [-0.2, -0.15) is 0 Å². The molecule has 1 aliphatic rings. The maximum Gasteiger partial charge on any atom is 0.338 e. The van der Waals surface area contributed by atoms with Gasteiger partial charge in [-0.05, 0) is 73.9 Å². The van der Waals surface area contributed by atoms with E-state index >= 15 is 0 Å². The predicted molar refractivity (Wildman–Crippen MR) is 151 cm³/mol. The summed E-state index contributed by atoms with van der Waals surface area (Å²) >= 11 is 6.27. The average molecular weight is 546 g/mol. The zero-order valence-corrected chi connectivity index (χ0v) is 22.7. The first kappa shape index (κ1) is 27.6. The summed E-state index contributed by atoms with van der Waals surface area (Å²) in [6.45, 7) is 7.57. The molecule has 9 heteroatoms. The number of nitrogens with zero attached hydrogens (tertiary/aromatic N) is 1. The van der Waals surface area contributed by atoms with Crippen LogP contribution in [0, 0.1) is 0 Å². The number of halogens is 1. The van der Waals surface area contributed by atoms with Crippen LogP contribution in [0.25, 0.3) is 0 Å². The van der Waals surface area contributed by atoms with Gasteiger partial charge in [0.05, 0.1) is 17.4 Å². The van der Waals surface area contributed by atoms with E-state index in [0.29, 0.717) is 11.3 Å². The molecule has 8 nitrogen and oxygen atoms in total. The SMILES string of the molecule is CC(C)OC(=O)c1ccc(N2C(=O)C(Cl)=C(Nc3cccc(C(=O)Nc4ccccc4C(C)C)c3)C2=O)cc1. The van der Waals surface area contributed by atoms with Crippen molar-refractivity contribution in [2.75, 3.05) is 15.5 Å². The van der Waals surface area contributed by atoms with Crippen molar-refractivity contribution in [1.29, 1.82) is 0 Å². The Morgan fingerprint density at radius 1 is 0.846 bits per heavy atom. The summed E-state index contributed by atoms with van der Waals surface area (Å²) in [6.07, 6.45) is -0.281. The zero-order chi connectivity index (χ0) is 28.3. The number of carbonyl (C=O) groups excluding carboxylic acids is 4. The summed E-state index contributed by atoms with van der Waals surface area (Å²) in [5.74, 6) is -1.98. The van der Waals surface area contributed by atoms with Crippen molar-refractivity contribution in [1.82, 2.24) is 0 Å². The number of hydrogen-bond donors (Lipinski definition) is 2. The molecule has 0 unspecified atom stereocenters. The van der Waals surface area contributed by atoms with Crippen LogP contribution >= 0.6 is 11.6 Å². The summed E-state index contributed by atoms with van der Waals surface area (Å²) in [5, 5.41) is 5.54. The van der Waals surface area contributed by atoms with Crippen molar-refractivity contribution in [3.63, 3.8) is 0 Å². The van der Waals surface area contributed by atoms with E-state index in [1.807, 2.05) is 38.1 Å². The Hall–Kier alpha value is -4.43. The fraction of sp³-hybridized carbons (Fsp3) is 0.200. The second-order valence-corrected chi connectivity index (χ2v) is 9.92. The third-order valence-corrected chi connectivity index (χ3v) is 6.31. The van der Waals surface area contributed by atoms with E-state index in [2.05, 4.69) is 10.6 Å². The van der Waals surface area contributed by atoms with E-state index in [0.717, 1.165) is 16.2 Å². The fourth-order valence-electron chi connectivity index (χ4n) is 4.07. The fourth-order valence-corrected chi connectivity index (χ4v) is 4.28. The van der Waals surface area contributed by atoms with E-state index in [9.17, 15) is 19.2 Å². The van der Waals surface area contributed by atoms with Crippen LogP contribution in [-0.4, -0.2) is 29.8 Å². The zero-order valence-electron chi connectivity index (χ0n) is 21.9. The molecular formula is C30H28ClN3O5. The molecule has 2 N–H and O–H groups in total. The van der Waals surface area contributed by atoms with Crippen LogP contribution in [0.15, 0.2) is 83.5 Å². The number of amides is 3. The molecule has 0 aliphatic carbocycles. The summed E-state index contributed by atoms with van der Waals surface area (Å²) in [4.78, 5) is 52.1. The molecule has 1 heterocycles. The monoisotopic (exact) mass is 545 g/mol. The molecule has 3 aromatic rings. The van der Waals surface area contributed by atoms with Gasteiger partial charge in [-0.25, -0.2) is 9.69 Å². The molecule has 3 aromatic carbocycles. The Kier molecular flexibility index (Phi) is 8.16. The highest BCUT2D eigenvalue weighted by Crippen LogP contribution is 2.31. The van der Waals surface area contributed by atoms with Gasteiger partial charge >= 0.3 is 5.97 Å². The van der Waals surface area contributed by atoms with Gasteiger partial charge in [0.1, 0.15) is 10.7 Å². The molecule has 0 aromatic heterocycles. The van der Waals surface area contributed by atoms with Crippen LogP contribution in [-0.2, 0) is 14.3 Å². The van der Waals surface area contributed by atoms with Crippen molar-refractivity contribution in [2.24, 2.45) is 0 Å². The van der Waals surface area contributed by atoms with Gasteiger partial charge in [-0.15, -0.1) is 0 Å². The lowest BCUT2D eigenvalue weighted by Gasteiger charge is -2.16. The van der Waals surface area contributed by atoms with Crippen LogP contribution in [0.2, 0.25) is 0 Å². The Morgan fingerprint density at radius 3 is 2.21 bits per heavy atom. The normalized spacial score (nSPS) is 13.4. The number of anilines is 3. The Balaban J connectivity index is 1.50. The van der Waals surface area contributed by atoms with Gasteiger partial charge in [0, 0.05) is 16.9 Å². The standard InChI is InChI=1S/C30H28ClN3O5/c1-17(2)23-10-5-6-11-24(23)33-27(35)20-8-7-9-21(16-20)32-26-25(31)28(36)34(29(26)37)22-14-12-19(13-15-22)30(38)39-18(3)4/h5-18,32H,1-4H3,(H,33,35). The third kappa shape index (κ3) is 6.02. The van der Waals surface area contributed by atoms with E-state index in [1.165, 1.54) is 24.3 Å². The van der Waals surface area contributed by atoms with E-state index in [1.54, 1.807) is 38.1 Å². The molecule has 0 saturated carbocycles. The van der Waals surface area contributed by atoms with Gasteiger partial charge in [0.2, 0.25) is 0 Å². The van der Waals surface area contributed by atoms with Crippen LogP contribution in [0.4, 0.5) is 17.1 Å². The van der Waals surface area contributed by atoms with Crippen LogP contribution in [0.1, 0.15) is 59.9 Å². The first-order valence-corrected chi connectivity index (χ1v) is 12.8. The molecule has 0 spiro atoms. The second kappa shape index (κ2) is 11.5. The van der Waals surface area contributed by atoms with Crippen LogP contribution < -0.4 is 15.5 Å². The number of hydrogen-bond acceptors (Lipinski definition) is 6. The van der Waals surface area contributed by atoms with E-state index in [-0.39, 0.29) is 39.9 Å². The molecular weight excluding hydrogens is 518 g/mol. The van der Waals surface area contributed by atoms with Gasteiger partial charge in [0.15, 0.2) is 0 Å². The summed E-state index contributed by atoms with van der Waals surface area (Å²) < 4.78 is 5.17.